The van der Waals surface area contributed by atoms with E-state index < -0.39 is 0 Å². The van der Waals surface area contributed by atoms with Gasteiger partial charge in [0.1, 0.15) is 5.84 Å². The molecule has 0 amide bonds. The molecule has 0 aliphatic carbocycles. The highest BCUT2D eigenvalue weighted by Crippen LogP contribution is 2.31. The fourth-order valence-electron chi connectivity index (χ4n) is 4.17. The van der Waals surface area contributed by atoms with Gasteiger partial charge in [-0.05, 0) is 71.7 Å². The Balaban J connectivity index is 2.14. The molecule has 152 valence electrons. The molecule has 1 aliphatic rings. The van der Waals surface area contributed by atoms with E-state index in [1.807, 2.05) is 30.1 Å². The minimum atomic E-state index is 0.0168. The second-order valence-corrected chi connectivity index (χ2v) is 8.97. The number of piperidine rings is 1. The summed E-state index contributed by atoms with van der Waals surface area (Å²) in [6.07, 6.45) is 6.92. The zero-order chi connectivity index (χ0) is 21.1. The molecular weight excluding hydrogens is 348 g/mol. The van der Waals surface area contributed by atoms with Crippen LogP contribution in [0.15, 0.2) is 42.2 Å². The van der Waals surface area contributed by atoms with Gasteiger partial charge in [-0.3, -0.25) is 10.4 Å². The number of allylic oxidation sites excluding steroid dienone is 3. The smallest absolute Gasteiger partial charge is 0.120 e. The molecule has 0 bridgehead atoms. The van der Waals surface area contributed by atoms with Gasteiger partial charge in [0.15, 0.2) is 0 Å². The maximum Gasteiger partial charge on any atom is 0.120 e. The van der Waals surface area contributed by atoms with E-state index in [9.17, 15) is 0 Å². The summed E-state index contributed by atoms with van der Waals surface area (Å²) in [5.41, 5.74) is 8.09. The van der Waals surface area contributed by atoms with Crippen LogP contribution in [0.1, 0.15) is 53.2 Å². The van der Waals surface area contributed by atoms with Gasteiger partial charge in [0, 0.05) is 41.6 Å². The fourth-order valence-corrected chi connectivity index (χ4v) is 4.17. The van der Waals surface area contributed by atoms with Gasteiger partial charge in [0.2, 0.25) is 0 Å². The third kappa shape index (κ3) is 5.52. The van der Waals surface area contributed by atoms with Crippen molar-refractivity contribution < 1.29 is 0 Å². The van der Waals surface area contributed by atoms with Crippen LogP contribution in [-0.4, -0.2) is 45.6 Å². The molecule has 1 fully saturated rings. The van der Waals surface area contributed by atoms with Crippen molar-refractivity contribution in [2.24, 2.45) is 5.73 Å². The van der Waals surface area contributed by atoms with E-state index in [-0.39, 0.29) is 22.8 Å². The molecule has 0 saturated carbocycles. The van der Waals surface area contributed by atoms with Gasteiger partial charge >= 0.3 is 0 Å². The molecule has 0 spiro atoms. The Morgan fingerprint density at radius 2 is 1.79 bits per heavy atom. The molecule has 1 saturated heterocycles. The quantitative estimate of drug-likeness (QED) is 0.462. The van der Waals surface area contributed by atoms with E-state index in [1.165, 1.54) is 0 Å². The first kappa shape index (κ1) is 21.8. The summed E-state index contributed by atoms with van der Waals surface area (Å²) in [6.45, 7) is 10.6. The summed E-state index contributed by atoms with van der Waals surface area (Å²) in [7, 11) is 1.96. The number of nitrogens with one attached hydrogen (secondary N) is 3. The molecule has 1 aromatic rings. The van der Waals surface area contributed by atoms with Gasteiger partial charge in [0.25, 0.3) is 0 Å². The van der Waals surface area contributed by atoms with Crippen LogP contribution in [0, 0.1) is 10.8 Å². The van der Waals surface area contributed by atoms with Crippen LogP contribution in [0.25, 0.3) is 5.57 Å². The van der Waals surface area contributed by atoms with Crippen molar-refractivity contribution in [3.05, 3.63) is 47.9 Å². The normalized spacial score (nSPS) is 19.9. The second kappa shape index (κ2) is 8.27. The van der Waals surface area contributed by atoms with Crippen molar-refractivity contribution in [3.8, 4) is 0 Å². The predicted octanol–water partition coefficient (Wildman–Crippen LogP) is 3.57. The van der Waals surface area contributed by atoms with Crippen molar-refractivity contribution in [2.45, 2.75) is 64.6 Å². The lowest BCUT2D eigenvalue weighted by Crippen LogP contribution is -2.62. The van der Waals surface area contributed by atoms with E-state index in [0.717, 1.165) is 12.8 Å². The first-order valence-corrected chi connectivity index (χ1v) is 9.67. The molecule has 0 aromatic carbocycles. The minimum absolute atomic E-state index is 0.0168. The maximum atomic E-state index is 8.50. The van der Waals surface area contributed by atoms with E-state index in [0.29, 0.717) is 22.8 Å². The highest BCUT2D eigenvalue weighted by molar-refractivity contribution is 6.28. The van der Waals surface area contributed by atoms with Gasteiger partial charge in [0.05, 0.1) is 11.4 Å². The largest absolute Gasteiger partial charge is 0.402 e. The molecule has 2 heterocycles. The molecule has 5 N–H and O–H groups in total. The maximum absolute atomic E-state index is 8.50. The Morgan fingerprint density at radius 3 is 2.29 bits per heavy atom. The molecule has 0 atom stereocenters. The number of hydrogen-bond acceptors (Lipinski definition) is 5. The van der Waals surface area contributed by atoms with E-state index in [2.05, 4.69) is 38.0 Å². The lowest BCUT2D eigenvalue weighted by Gasteiger charge is -2.49. The van der Waals surface area contributed by atoms with Crippen LogP contribution >= 0.6 is 0 Å². The number of rotatable bonds is 5. The predicted molar refractivity (Wildman–Crippen MR) is 118 cm³/mol. The average molecular weight is 383 g/mol. The van der Waals surface area contributed by atoms with E-state index >= 15 is 0 Å². The van der Waals surface area contributed by atoms with Crippen LogP contribution in [0.4, 0.5) is 0 Å². The molecule has 0 unspecified atom stereocenters. The molecule has 2 rings (SSSR count). The highest BCUT2D eigenvalue weighted by Gasteiger charge is 2.39. The van der Waals surface area contributed by atoms with E-state index in [4.69, 9.17) is 16.6 Å². The van der Waals surface area contributed by atoms with Crippen molar-refractivity contribution in [3.63, 3.8) is 0 Å². The van der Waals surface area contributed by atoms with E-state index in [1.54, 1.807) is 25.3 Å². The van der Waals surface area contributed by atoms with Crippen molar-refractivity contribution >= 4 is 17.1 Å². The Morgan fingerprint density at radius 1 is 1.18 bits per heavy atom. The summed E-state index contributed by atoms with van der Waals surface area (Å²) in [4.78, 5) is 6.31. The van der Waals surface area contributed by atoms with Crippen molar-refractivity contribution in [1.29, 1.82) is 10.8 Å². The number of aromatic nitrogens is 1. The Bertz CT molecular complexity index is 769. The van der Waals surface area contributed by atoms with Crippen LogP contribution in [0.2, 0.25) is 0 Å². The number of hydrogen-bond donors (Lipinski definition) is 4. The number of amidine groups is 1. The molecule has 1 aliphatic heterocycles. The lowest BCUT2D eigenvalue weighted by atomic mass is 9.79. The number of nitrogens with zero attached hydrogens (tertiary/aromatic N) is 2. The number of pyridine rings is 1. The number of likely N-dealkylation sites (N-methyl/N-ethyl adjacent to an activating group) is 1. The first-order valence-electron chi connectivity index (χ1n) is 9.67. The standard InChI is InChI=1S/C22H34N6/c1-15(23)20(18-9-7-8-12-26-18)17(24)10-11-19(25)28(6)16-13-21(2,3)27-22(4,5)14-16/h7-12,16,24-25,27H,13-14,23H2,1-6H3/b11-10-,20-15?,24-17?,25-19?. The minimum Gasteiger partial charge on any atom is -0.402 e. The van der Waals surface area contributed by atoms with Crippen LogP contribution < -0.4 is 11.1 Å². The number of nitrogens with two attached hydrogens (primary N) is 1. The van der Waals surface area contributed by atoms with Gasteiger partial charge in [-0.25, -0.2) is 0 Å². The summed E-state index contributed by atoms with van der Waals surface area (Å²) in [6, 6.07) is 5.81. The van der Waals surface area contributed by atoms with Crippen LogP contribution in [0.3, 0.4) is 0 Å². The van der Waals surface area contributed by atoms with Gasteiger partial charge in [-0.15, -0.1) is 0 Å². The molecule has 1 aromatic heterocycles. The van der Waals surface area contributed by atoms with Crippen LogP contribution in [0.5, 0.6) is 0 Å². The Hall–Kier alpha value is -2.47. The molecular formula is C22H34N6. The van der Waals surface area contributed by atoms with Gasteiger partial charge in [-0.2, -0.15) is 0 Å². The van der Waals surface area contributed by atoms with Gasteiger partial charge in [-0.1, -0.05) is 6.07 Å². The third-order valence-electron chi connectivity index (χ3n) is 5.09. The SMILES string of the molecule is CC(N)=C(C(=N)/C=C\C(=N)N(C)C1CC(C)(C)NC(C)(C)C1)c1ccccn1. The topological polar surface area (TPSA) is 102 Å². The van der Waals surface area contributed by atoms with Crippen LogP contribution in [-0.2, 0) is 0 Å². The zero-order valence-corrected chi connectivity index (χ0v) is 17.9. The second-order valence-electron chi connectivity index (χ2n) is 8.97. The molecule has 0 radical (unpaired) electrons. The zero-order valence-electron chi connectivity index (χ0n) is 17.9. The first-order chi connectivity index (χ1) is 12.9. The monoisotopic (exact) mass is 382 g/mol. The summed E-state index contributed by atoms with van der Waals surface area (Å²) < 4.78 is 0. The Labute approximate surface area is 168 Å². The van der Waals surface area contributed by atoms with Gasteiger partial charge < -0.3 is 21.4 Å². The van der Waals surface area contributed by atoms with Crippen molar-refractivity contribution in [1.82, 2.24) is 15.2 Å². The molecule has 28 heavy (non-hydrogen) atoms. The average Bonchev–Trinajstić information content (AvgIpc) is 2.57. The summed E-state index contributed by atoms with van der Waals surface area (Å²) >= 11 is 0. The molecule has 6 heteroatoms. The fraction of sp³-hybridized carbons (Fsp3) is 0.500. The van der Waals surface area contributed by atoms with Crippen molar-refractivity contribution in [2.75, 3.05) is 7.05 Å². The lowest BCUT2D eigenvalue weighted by molar-refractivity contribution is 0.114. The molecule has 6 nitrogen and oxygen atoms in total. The third-order valence-corrected chi connectivity index (χ3v) is 5.09. The summed E-state index contributed by atoms with van der Waals surface area (Å²) in [5.74, 6) is 0.387. The summed E-state index contributed by atoms with van der Waals surface area (Å²) in [5, 5.41) is 20.6. The Kier molecular flexibility index (Phi) is 6.44. The highest BCUT2D eigenvalue weighted by atomic mass is 15.2.